The molecule has 28 heavy (non-hydrogen) atoms. The standard InChI is InChI=1S/C23H29N5/c1-28-11-2-3-17(10-12-28)13-18-4-7-20(8-5-18)27-23-21-14-19(15-24)6-9-22(21)25-16-26-23/h6,9,13-14,16,18,20H,2-5,7-8,10-12H2,1H3,(H,25,26,27)/b17-13-. The van der Waals surface area contributed by atoms with Gasteiger partial charge in [0.05, 0.1) is 17.1 Å². The van der Waals surface area contributed by atoms with Crippen LogP contribution in [0.5, 0.6) is 0 Å². The summed E-state index contributed by atoms with van der Waals surface area (Å²) < 4.78 is 0. The van der Waals surface area contributed by atoms with E-state index in [2.05, 4.69) is 39.4 Å². The third-order valence-electron chi connectivity index (χ3n) is 6.20. The number of fused-ring (bicyclic) bond motifs is 1. The van der Waals surface area contributed by atoms with Crippen LogP contribution in [0, 0.1) is 17.2 Å². The molecule has 0 spiro atoms. The van der Waals surface area contributed by atoms with E-state index < -0.39 is 0 Å². The summed E-state index contributed by atoms with van der Waals surface area (Å²) in [4.78, 5) is 11.2. The molecule has 1 aliphatic heterocycles. The van der Waals surface area contributed by atoms with Gasteiger partial charge in [0.1, 0.15) is 12.1 Å². The van der Waals surface area contributed by atoms with Crippen molar-refractivity contribution in [2.24, 2.45) is 5.92 Å². The lowest BCUT2D eigenvalue weighted by Crippen LogP contribution is -2.26. The summed E-state index contributed by atoms with van der Waals surface area (Å²) in [6.45, 7) is 2.43. The SMILES string of the molecule is CN1CCC/C(=C/C2CCC(Nc3ncnc4ccc(C#N)cc34)CC2)CC1. The molecule has 2 heterocycles. The van der Waals surface area contributed by atoms with Gasteiger partial charge >= 0.3 is 0 Å². The number of nitrogens with zero attached hydrogens (tertiary/aromatic N) is 4. The van der Waals surface area contributed by atoms with E-state index in [1.807, 2.05) is 18.2 Å². The Morgan fingerprint density at radius 2 is 2.00 bits per heavy atom. The molecule has 0 bridgehead atoms. The molecular formula is C23H29N5. The van der Waals surface area contributed by atoms with Crippen molar-refractivity contribution in [1.82, 2.24) is 14.9 Å². The zero-order valence-electron chi connectivity index (χ0n) is 16.7. The lowest BCUT2D eigenvalue weighted by Gasteiger charge is -2.28. The zero-order chi connectivity index (χ0) is 19.3. The summed E-state index contributed by atoms with van der Waals surface area (Å²) in [7, 11) is 2.23. The second-order valence-corrected chi connectivity index (χ2v) is 8.30. The first-order valence-electron chi connectivity index (χ1n) is 10.5. The van der Waals surface area contributed by atoms with Crippen LogP contribution in [0.4, 0.5) is 5.82 Å². The molecule has 5 heteroatoms. The van der Waals surface area contributed by atoms with Gasteiger partial charge in [-0.15, -0.1) is 0 Å². The van der Waals surface area contributed by atoms with Gasteiger partial charge in [-0.1, -0.05) is 11.6 Å². The highest BCUT2D eigenvalue weighted by atomic mass is 15.1. The highest BCUT2D eigenvalue weighted by Gasteiger charge is 2.21. The third-order valence-corrected chi connectivity index (χ3v) is 6.20. The normalized spacial score (nSPS) is 25.4. The first-order chi connectivity index (χ1) is 13.7. The first-order valence-corrected chi connectivity index (χ1v) is 10.5. The van der Waals surface area contributed by atoms with Crippen molar-refractivity contribution in [3.63, 3.8) is 0 Å². The number of nitrogens with one attached hydrogen (secondary N) is 1. The molecule has 1 aliphatic carbocycles. The van der Waals surface area contributed by atoms with Gasteiger partial charge in [-0.05, 0) is 82.7 Å². The number of aromatic nitrogens is 2. The Morgan fingerprint density at radius 3 is 2.82 bits per heavy atom. The van der Waals surface area contributed by atoms with Gasteiger partial charge in [-0.2, -0.15) is 5.26 Å². The summed E-state index contributed by atoms with van der Waals surface area (Å²) >= 11 is 0. The summed E-state index contributed by atoms with van der Waals surface area (Å²) in [5.74, 6) is 1.58. The molecule has 1 N–H and O–H groups in total. The van der Waals surface area contributed by atoms with Crippen molar-refractivity contribution < 1.29 is 0 Å². The Hall–Kier alpha value is -2.45. The number of hydrogen-bond acceptors (Lipinski definition) is 5. The lowest BCUT2D eigenvalue weighted by atomic mass is 9.84. The van der Waals surface area contributed by atoms with Crippen LogP contribution < -0.4 is 5.32 Å². The largest absolute Gasteiger partial charge is 0.367 e. The van der Waals surface area contributed by atoms with E-state index in [0.717, 1.165) is 35.5 Å². The highest BCUT2D eigenvalue weighted by Crippen LogP contribution is 2.31. The molecule has 2 aliphatic rings. The number of allylic oxidation sites excluding steroid dienone is 1. The Balaban J connectivity index is 1.38. The monoisotopic (exact) mass is 375 g/mol. The Bertz CT molecular complexity index is 889. The molecular weight excluding hydrogens is 346 g/mol. The van der Waals surface area contributed by atoms with E-state index in [-0.39, 0.29) is 0 Å². The molecule has 4 rings (SSSR count). The second kappa shape index (κ2) is 8.70. The van der Waals surface area contributed by atoms with Crippen molar-refractivity contribution in [2.45, 2.75) is 51.0 Å². The Kier molecular flexibility index (Phi) is 5.87. The van der Waals surface area contributed by atoms with Crippen LogP contribution >= 0.6 is 0 Å². The zero-order valence-corrected chi connectivity index (χ0v) is 16.7. The van der Waals surface area contributed by atoms with Gasteiger partial charge in [-0.3, -0.25) is 0 Å². The van der Waals surface area contributed by atoms with Crippen molar-refractivity contribution in [3.8, 4) is 6.07 Å². The van der Waals surface area contributed by atoms with Crippen molar-refractivity contribution in [2.75, 3.05) is 25.5 Å². The lowest BCUT2D eigenvalue weighted by molar-refractivity contribution is 0.351. The molecule has 2 aromatic rings. The molecule has 1 aromatic heterocycles. The quantitative estimate of drug-likeness (QED) is 0.800. The molecule has 1 saturated heterocycles. The number of anilines is 1. The maximum atomic E-state index is 9.19. The molecule has 1 aromatic carbocycles. The molecule has 146 valence electrons. The van der Waals surface area contributed by atoms with E-state index in [1.54, 1.807) is 11.9 Å². The van der Waals surface area contributed by atoms with Crippen LogP contribution in [-0.4, -0.2) is 41.0 Å². The van der Waals surface area contributed by atoms with E-state index >= 15 is 0 Å². The van der Waals surface area contributed by atoms with Gasteiger partial charge in [-0.25, -0.2) is 9.97 Å². The fourth-order valence-electron chi connectivity index (χ4n) is 4.51. The molecule has 0 atom stereocenters. The fraction of sp³-hybridized carbons (Fsp3) is 0.522. The van der Waals surface area contributed by atoms with Crippen LogP contribution in [-0.2, 0) is 0 Å². The third kappa shape index (κ3) is 4.51. The van der Waals surface area contributed by atoms with Gasteiger partial charge in [0.15, 0.2) is 0 Å². The number of hydrogen-bond donors (Lipinski definition) is 1. The Morgan fingerprint density at radius 1 is 1.14 bits per heavy atom. The van der Waals surface area contributed by atoms with Crippen molar-refractivity contribution in [1.29, 1.82) is 5.26 Å². The fourth-order valence-corrected chi connectivity index (χ4v) is 4.51. The number of likely N-dealkylation sites (tertiary alicyclic amines) is 1. The predicted octanol–water partition coefficient (Wildman–Crippen LogP) is 4.51. The summed E-state index contributed by atoms with van der Waals surface area (Å²) in [6.07, 6.45) is 12.8. The number of benzene rings is 1. The van der Waals surface area contributed by atoms with Crippen molar-refractivity contribution >= 4 is 16.7 Å². The average Bonchev–Trinajstić information content (AvgIpc) is 2.93. The summed E-state index contributed by atoms with van der Waals surface area (Å²) in [5, 5.41) is 13.8. The van der Waals surface area contributed by atoms with Crippen molar-refractivity contribution in [3.05, 3.63) is 41.7 Å². The van der Waals surface area contributed by atoms with Crippen LogP contribution in [0.1, 0.15) is 50.5 Å². The maximum Gasteiger partial charge on any atom is 0.137 e. The minimum atomic E-state index is 0.443. The molecule has 0 unspecified atom stereocenters. The van der Waals surface area contributed by atoms with E-state index in [1.165, 1.54) is 45.2 Å². The van der Waals surface area contributed by atoms with Gasteiger partial charge in [0, 0.05) is 18.0 Å². The number of nitriles is 1. The molecule has 2 fully saturated rings. The Labute approximate surface area is 167 Å². The minimum absolute atomic E-state index is 0.443. The van der Waals surface area contributed by atoms with E-state index in [0.29, 0.717) is 11.6 Å². The molecule has 0 radical (unpaired) electrons. The van der Waals surface area contributed by atoms with Crippen LogP contribution in [0.3, 0.4) is 0 Å². The van der Waals surface area contributed by atoms with Crippen LogP contribution in [0.2, 0.25) is 0 Å². The highest BCUT2D eigenvalue weighted by molar-refractivity contribution is 5.89. The van der Waals surface area contributed by atoms with Crippen LogP contribution in [0.25, 0.3) is 10.9 Å². The van der Waals surface area contributed by atoms with Gasteiger partial charge in [0.25, 0.3) is 0 Å². The second-order valence-electron chi connectivity index (χ2n) is 8.30. The maximum absolute atomic E-state index is 9.19. The summed E-state index contributed by atoms with van der Waals surface area (Å²) in [5.41, 5.74) is 3.20. The molecule has 0 amide bonds. The number of rotatable bonds is 3. The molecule has 1 saturated carbocycles. The van der Waals surface area contributed by atoms with E-state index in [4.69, 9.17) is 0 Å². The van der Waals surface area contributed by atoms with E-state index in [9.17, 15) is 5.26 Å². The topological polar surface area (TPSA) is 64.8 Å². The van der Waals surface area contributed by atoms with Gasteiger partial charge in [0.2, 0.25) is 0 Å². The summed E-state index contributed by atoms with van der Waals surface area (Å²) in [6, 6.07) is 8.24. The van der Waals surface area contributed by atoms with Crippen LogP contribution in [0.15, 0.2) is 36.2 Å². The smallest absolute Gasteiger partial charge is 0.137 e. The minimum Gasteiger partial charge on any atom is -0.367 e. The average molecular weight is 376 g/mol. The molecule has 5 nitrogen and oxygen atoms in total. The first kappa shape index (κ1) is 18.9. The predicted molar refractivity (Wildman–Crippen MR) is 113 cm³/mol. The van der Waals surface area contributed by atoms with Gasteiger partial charge < -0.3 is 10.2 Å².